The van der Waals surface area contributed by atoms with Gasteiger partial charge in [0.2, 0.25) is 0 Å². The molecular weight excluding hydrogens is 174 g/mol. The van der Waals surface area contributed by atoms with Crippen LogP contribution < -0.4 is 5.32 Å². The van der Waals surface area contributed by atoms with E-state index in [1.54, 1.807) is 0 Å². The molecule has 82 valence electrons. The maximum absolute atomic E-state index is 6.37. The molecule has 1 aliphatic heterocycles. The molecule has 0 amide bonds. The molecule has 1 heterocycles. The summed E-state index contributed by atoms with van der Waals surface area (Å²) in [6, 6.07) is 0. The first-order valence-electron chi connectivity index (χ1n) is 5.78. The van der Waals surface area contributed by atoms with Crippen molar-refractivity contribution in [2.24, 2.45) is 5.41 Å². The van der Waals surface area contributed by atoms with E-state index >= 15 is 0 Å². The van der Waals surface area contributed by atoms with Crippen LogP contribution in [0.4, 0.5) is 0 Å². The SMILES string of the molecule is CNCC1(C)CCC2(CCC2(C)C)O1. The van der Waals surface area contributed by atoms with Gasteiger partial charge >= 0.3 is 0 Å². The highest BCUT2D eigenvalue weighted by atomic mass is 16.5. The van der Waals surface area contributed by atoms with Crippen molar-refractivity contribution in [3.63, 3.8) is 0 Å². The Kier molecular flexibility index (Phi) is 2.20. The molecule has 0 aromatic heterocycles. The molecule has 2 unspecified atom stereocenters. The van der Waals surface area contributed by atoms with Crippen molar-refractivity contribution in [2.45, 2.75) is 57.7 Å². The molecule has 14 heavy (non-hydrogen) atoms. The maximum atomic E-state index is 6.37. The molecule has 2 rings (SSSR count). The number of hydrogen-bond acceptors (Lipinski definition) is 2. The molecule has 2 atom stereocenters. The maximum Gasteiger partial charge on any atom is 0.0787 e. The molecule has 0 aromatic carbocycles. The molecule has 1 spiro atoms. The van der Waals surface area contributed by atoms with Crippen LogP contribution in [-0.4, -0.2) is 24.8 Å². The largest absolute Gasteiger partial charge is 0.367 e. The summed E-state index contributed by atoms with van der Waals surface area (Å²) in [5.74, 6) is 0. The zero-order valence-electron chi connectivity index (χ0n) is 9.94. The summed E-state index contributed by atoms with van der Waals surface area (Å²) in [6.07, 6.45) is 5.04. The summed E-state index contributed by atoms with van der Waals surface area (Å²) in [4.78, 5) is 0. The van der Waals surface area contributed by atoms with E-state index in [-0.39, 0.29) is 11.2 Å². The molecule has 2 nitrogen and oxygen atoms in total. The summed E-state index contributed by atoms with van der Waals surface area (Å²) in [6.45, 7) is 7.92. The van der Waals surface area contributed by atoms with E-state index < -0.39 is 0 Å². The van der Waals surface area contributed by atoms with Crippen LogP contribution in [0.1, 0.15) is 46.5 Å². The summed E-state index contributed by atoms with van der Waals surface area (Å²) < 4.78 is 6.37. The van der Waals surface area contributed by atoms with Crippen molar-refractivity contribution in [2.75, 3.05) is 13.6 Å². The third-order valence-electron chi connectivity index (χ3n) is 4.44. The van der Waals surface area contributed by atoms with Gasteiger partial charge in [0, 0.05) is 6.54 Å². The Balaban J connectivity index is 2.07. The van der Waals surface area contributed by atoms with Crippen molar-refractivity contribution >= 4 is 0 Å². The first-order chi connectivity index (χ1) is 6.43. The number of rotatable bonds is 2. The van der Waals surface area contributed by atoms with Gasteiger partial charge in [0.05, 0.1) is 11.2 Å². The Bertz CT molecular complexity index is 238. The van der Waals surface area contributed by atoms with Crippen LogP contribution in [0.25, 0.3) is 0 Å². The van der Waals surface area contributed by atoms with Crippen LogP contribution in [0.3, 0.4) is 0 Å². The predicted molar refractivity (Wildman–Crippen MR) is 58.4 cm³/mol. The molecule has 1 N–H and O–H groups in total. The lowest BCUT2D eigenvalue weighted by molar-refractivity contribution is -0.204. The molecule has 2 aliphatic rings. The average molecular weight is 197 g/mol. The van der Waals surface area contributed by atoms with Gasteiger partial charge < -0.3 is 10.1 Å². The van der Waals surface area contributed by atoms with Crippen molar-refractivity contribution < 1.29 is 4.74 Å². The molecule has 2 heteroatoms. The standard InChI is InChI=1S/C12H23NO/c1-10(2)5-7-12(10)8-6-11(3,14-12)9-13-4/h13H,5-9H2,1-4H3. The Morgan fingerprint density at radius 1 is 1.07 bits per heavy atom. The van der Waals surface area contributed by atoms with Crippen molar-refractivity contribution in [1.29, 1.82) is 0 Å². The van der Waals surface area contributed by atoms with Gasteiger partial charge in [0.15, 0.2) is 0 Å². The van der Waals surface area contributed by atoms with Gasteiger partial charge in [-0.1, -0.05) is 13.8 Å². The third kappa shape index (κ3) is 1.31. The zero-order chi connectivity index (χ0) is 10.4. The molecule has 1 saturated heterocycles. The summed E-state index contributed by atoms with van der Waals surface area (Å²) in [5, 5.41) is 3.24. The average Bonchev–Trinajstić information content (AvgIpc) is 2.45. The lowest BCUT2D eigenvalue weighted by Gasteiger charge is -2.54. The van der Waals surface area contributed by atoms with E-state index in [1.165, 1.54) is 25.7 Å². The summed E-state index contributed by atoms with van der Waals surface area (Å²) in [7, 11) is 2.01. The number of ether oxygens (including phenoxy) is 1. The lowest BCUT2D eigenvalue weighted by Crippen LogP contribution is -2.55. The third-order valence-corrected chi connectivity index (χ3v) is 4.44. The quantitative estimate of drug-likeness (QED) is 0.733. The van der Waals surface area contributed by atoms with Gasteiger partial charge in [-0.15, -0.1) is 0 Å². The van der Waals surface area contributed by atoms with Crippen LogP contribution in [0.15, 0.2) is 0 Å². The highest BCUT2D eigenvalue weighted by Gasteiger charge is 2.60. The molecule has 0 radical (unpaired) electrons. The van der Waals surface area contributed by atoms with Crippen molar-refractivity contribution in [3.8, 4) is 0 Å². The first kappa shape index (κ1) is 10.4. The number of hydrogen-bond donors (Lipinski definition) is 1. The van der Waals surface area contributed by atoms with E-state index in [0.29, 0.717) is 5.41 Å². The van der Waals surface area contributed by atoms with Gasteiger partial charge in [0.1, 0.15) is 0 Å². The first-order valence-corrected chi connectivity index (χ1v) is 5.78. The molecule has 0 bridgehead atoms. The molecular formula is C12H23NO. The fourth-order valence-corrected chi connectivity index (χ4v) is 3.09. The second-order valence-corrected chi connectivity index (χ2v) is 5.96. The van der Waals surface area contributed by atoms with Crippen molar-refractivity contribution in [1.82, 2.24) is 5.32 Å². The zero-order valence-corrected chi connectivity index (χ0v) is 9.94. The van der Waals surface area contributed by atoms with Crippen LogP contribution in [0.5, 0.6) is 0 Å². The monoisotopic (exact) mass is 197 g/mol. The second kappa shape index (κ2) is 2.96. The van der Waals surface area contributed by atoms with Gasteiger partial charge in [-0.2, -0.15) is 0 Å². The Labute approximate surface area is 87.4 Å². The minimum Gasteiger partial charge on any atom is -0.367 e. The van der Waals surface area contributed by atoms with Gasteiger partial charge in [-0.05, 0) is 45.1 Å². The molecule has 1 saturated carbocycles. The van der Waals surface area contributed by atoms with E-state index in [1.807, 2.05) is 7.05 Å². The van der Waals surface area contributed by atoms with Gasteiger partial charge in [-0.25, -0.2) is 0 Å². The van der Waals surface area contributed by atoms with Crippen LogP contribution in [0, 0.1) is 5.41 Å². The van der Waals surface area contributed by atoms with E-state index in [4.69, 9.17) is 4.74 Å². The minimum atomic E-state index is 0.0758. The lowest BCUT2D eigenvalue weighted by atomic mass is 9.58. The smallest absolute Gasteiger partial charge is 0.0787 e. The topological polar surface area (TPSA) is 21.3 Å². The minimum absolute atomic E-state index is 0.0758. The molecule has 0 aromatic rings. The van der Waals surface area contributed by atoms with Crippen LogP contribution in [-0.2, 0) is 4.74 Å². The summed E-state index contributed by atoms with van der Waals surface area (Å²) in [5.41, 5.74) is 0.684. The predicted octanol–water partition coefficient (Wildman–Crippen LogP) is 2.33. The summed E-state index contributed by atoms with van der Waals surface area (Å²) >= 11 is 0. The second-order valence-electron chi connectivity index (χ2n) is 5.96. The van der Waals surface area contributed by atoms with Gasteiger partial charge in [0.25, 0.3) is 0 Å². The van der Waals surface area contributed by atoms with Crippen LogP contribution in [0.2, 0.25) is 0 Å². The Hall–Kier alpha value is -0.0800. The van der Waals surface area contributed by atoms with E-state index in [0.717, 1.165) is 6.54 Å². The van der Waals surface area contributed by atoms with Crippen LogP contribution >= 0.6 is 0 Å². The van der Waals surface area contributed by atoms with Gasteiger partial charge in [-0.3, -0.25) is 0 Å². The van der Waals surface area contributed by atoms with E-state index in [2.05, 4.69) is 26.1 Å². The number of likely N-dealkylation sites (N-methyl/N-ethyl adjacent to an activating group) is 1. The normalized spacial score (nSPS) is 45.4. The fourth-order valence-electron chi connectivity index (χ4n) is 3.09. The Morgan fingerprint density at radius 3 is 2.07 bits per heavy atom. The highest BCUT2D eigenvalue weighted by Crippen LogP contribution is 2.59. The Morgan fingerprint density at radius 2 is 1.71 bits per heavy atom. The van der Waals surface area contributed by atoms with E-state index in [9.17, 15) is 0 Å². The molecule has 2 fully saturated rings. The highest BCUT2D eigenvalue weighted by molar-refractivity contribution is 5.10. The molecule has 1 aliphatic carbocycles. The van der Waals surface area contributed by atoms with Crippen molar-refractivity contribution in [3.05, 3.63) is 0 Å². The fraction of sp³-hybridized carbons (Fsp3) is 1.00. The number of nitrogens with one attached hydrogen (secondary N) is 1.